The van der Waals surface area contributed by atoms with Crippen LogP contribution in [0.15, 0.2) is 0 Å². The van der Waals surface area contributed by atoms with Crippen molar-refractivity contribution in [3.63, 3.8) is 0 Å². The molecule has 1 saturated heterocycles. The summed E-state index contributed by atoms with van der Waals surface area (Å²) in [5.41, 5.74) is -0.310. The smallest absolute Gasteiger partial charge is 0.240 e. The van der Waals surface area contributed by atoms with Gasteiger partial charge in [-0.05, 0) is 58.4 Å². The van der Waals surface area contributed by atoms with E-state index in [0.717, 1.165) is 25.8 Å². The SMILES string of the molecule is CCC1(C(=O)NC(C)(C)C2CC2)CCCN1. The molecule has 1 saturated carbocycles. The van der Waals surface area contributed by atoms with Crippen molar-refractivity contribution in [2.45, 2.75) is 64.0 Å². The molecule has 2 fully saturated rings. The summed E-state index contributed by atoms with van der Waals surface area (Å²) < 4.78 is 0. The van der Waals surface area contributed by atoms with Crippen molar-refractivity contribution in [2.75, 3.05) is 6.54 Å². The van der Waals surface area contributed by atoms with Gasteiger partial charge in [-0.25, -0.2) is 0 Å². The zero-order valence-electron chi connectivity index (χ0n) is 10.7. The van der Waals surface area contributed by atoms with Gasteiger partial charge in [0.2, 0.25) is 5.91 Å². The molecule has 92 valence electrons. The summed E-state index contributed by atoms with van der Waals surface area (Å²) in [6.07, 6.45) is 5.51. The summed E-state index contributed by atoms with van der Waals surface area (Å²) >= 11 is 0. The fourth-order valence-electron chi connectivity index (χ4n) is 2.78. The Bertz CT molecular complexity index is 276. The summed E-state index contributed by atoms with van der Waals surface area (Å²) in [7, 11) is 0. The Kier molecular flexibility index (Phi) is 2.99. The van der Waals surface area contributed by atoms with Gasteiger partial charge >= 0.3 is 0 Å². The highest BCUT2D eigenvalue weighted by Crippen LogP contribution is 2.39. The summed E-state index contributed by atoms with van der Waals surface area (Å²) in [6, 6.07) is 0. The predicted molar refractivity (Wildman–Crippen MR) is 65.2 cm³/mol. The van der Waals surface area contributed by atoms with Crippen molar-refractivity contribution in [3.05, 3.63) is 0 Å². The third kappa shape index (κ3) is 2.10. The molecular formula is C13H24N2O. The van der Waals surface area contributed by atoms with Crippen LogP contribution in [0.5, 0.6) is 0 Å². The number of amides is 1. The van der Waals surface area contributed by atoms with Gasteiger partial charge < -0.3 is 10.6 Å². The van der Waals surface area contributed by atoms with Crippen LogP contribution in [0.3, 0.4) is 0 Å². The van der Waals surface area contributed by atoms with Crippen LogP contribution in [0.2, 0.25) is 0 Å². The van der Waals surface area contributed by atoms with E-state index in [-0.39, 0.29) is 17.0 Å². The third-order valence-electron chi connectivity index (χ3n) is 4.32. The standard InChI is InChI=1S/C13H24N2O/c1-4-13(8-5-9-14-13)11(16)15-12(2,3)10-6-7-10/h10,14H,4-9H2,1-3H3,(H,15,16). The molecule has 2 aliphatic rings. The van der Waals surface area contributed by atoms with E-state index in [1.807, 2.05) is 0 Å². The van der Waals surface area contributed by atoms with Gasteiger partial charge in [0.1, 0.15) is 0 Å². The summed E-state index contributed by atoms with van der Waals surface area (Å²) in [4.78, 5) is 12.4. The molecule has 0 aromatic carbocycles. The Hall–Kier alpha value is -0.570. The lowest BCUT2D eigenvalue weighted by Gasteiger charge is -2.33. The Morgan fingerprint density at radius 2 is 2.19 bits per heavy atom. The fourth-order valence-corrected chi connectivity index (χ4v) is 2.78. The van der Waals surface area contributed by atoms with Crippen molar-refractivity contribution in [1.82, 2.24) is 10.6 Å². The molecule has 0 radical (unpaired) electrons. The lowest BCUT2D eigenvalue weighted by molar-refractivity contribution is -0.129. The highest BCUT2D eigenvalue weighted by atomic mass is 16.2. The van der Waals surface area contributed by atoms with Gasteiger partial charge in [-0.2, -0.15) is 0 Å². The van der Waals surface area contributed by atoms with Crippen LogP contribution in [0.4, 0.5) is 0 Å². The molecule has 0 bridgehead atoms. The maximum absolute atomic E-state index is 12.4. The summed E-state index contributed by atoms with van der Waals surface area (Å²) in [6.45, 7) is 7.38. The summed E-state index contributed by atoms with van der Waals surface area (Å²) in [5.74, 6) is 0.899. The first-order valence-corrected chi connectivity index (χ1v) is 6.58. The van der Waals surface area contributed by atoms with Gasteiger partial charge in [0.15, 0.2) is 0 Å². The van der Waals surface area contributed by atoms with Crippen LogP contribution < -0.4 is 10.6 Å². The first kappa shape index (κ1) is 11.9. The van der Waals surface area contributed by atoms with E-state index in [1.54, 1.807) is 0 Å². The average Bonchev–Trinajstić information content (AvgIpc) is 2.97. The van der Waals surface area contributed by atoms with Gasteiger partial charge in [0.25, 0.3) is 0 Å². The Morgan fingerprint density at radius 1 is 1.50 bits per heavy atom. The minimum Gasteiger partial charge on any atom is -0.349 e. The average molecular weight is 224 g/mol. The Morgan fingerprint density at radius 3 is 2.62 bits per heavy atom. The second kappa shape index (κ2) is 4.02. The molecule has 2 N–H and O–H groups in total. The van der Waals surface area contributed by atoms with Crippen LogP contribution in [0, 0.1) is 5.92 Å². The monoisotopic (exact) mass is 224 g/mol. The molecule has 3 nitrogen and oxygen atoms in total. The number of rotatable bonds is 4. The van der Waals surface area contributed by atoms with Crippen LogP contribution in [-0.2, 0) is 4.79 Å². The van der Waals surface area contributed by atoms with E-state index < -0.39 is 0 Å². The molecule has 1 aliphatic carbocycles. The third-order valence-corrected chi connectivity index (χ3v) is 4.32. The maximum Gasteiger partial charge on any atom is 0.240 e. The van der Waals surface area contributed by atoms with Crippen LogP contribution in [0.25, 0.3) is 0 Å². The molecule has 1 aliphatic heterocycles. The molecule has 16 heavy (non-hydrogen) atoms. The number of carbonyl (C=O) groups excluding carboxylic acids is 1. The van der Waals surface area contributed by atoms with E-state index >= 15 is 0 Å². The molecular weight excluding hydrogens is 200 g/mol. The highest BCUT2D eigenvalue weighted by molar-refractivity contribution is 5.87. The second-order valence-electron chi connectivity index (χ2n) is 5.92. The summed E-state index contributed by atoms with van der Waals surface area (Å²) in [5, 5.41) is 6.64. The lowest BCUT2D eigenvalue weighted by atomic mass is 9.90. The quantitative estimate of drug-likeness (QED) is 0.765. The Labute approximate surface area is 98.4 Å². The zero-order chi connectivity index (χ0) is 11.8. The van der Waals surface area contributed by atoms with Crippen LogP contribution >= 0.6 is 0 Å². The number of carbonyl (C=O) groups is 1. The number of nitrogens with one attached hydrogen (secondary N) is 2. The molecule has 0 aromatic rings. The van der Waals surface area contributed by atoms with Crippen LogP contribution in [0.1, 0.15) is 52.9 Å². The van der Waals surface area contributed by atoms with Gasteiger partial charge in [0.05, 0.1) is 5.54 Å². The minimum absolute atomic E-state index is 0.0243. The topological polar surface area (TPSA) is 41.1 Å². The van der Waals surface area contributed by atoms with E-state index in [9.17, 15) is 4.79 Å². The second-order valence-corrected chi connectivity index (χ2v) is 5.92. The normalized spacial score (nSPS) is 30.4. The lowest BCUT2D eigenvalue weighted by Crippen LogP contribution is -2.58. The first-order valence-electron chi connectivity index (χ1n) is 6.58. The Balaban J connectivity index is 2.00. The number of hydrogen-bond acceptors (Lipinski definition) is 2. The fraction of sp³-hybridized carbons (Fsp3) is 0.923. The van der Waals surface area contributed by atoms with Crippen LogP contribution in [-0.4, -0.2) is 23.5 Å². The van der Waals surface area contributed by atoms with E-state index in [2.05, 4.69) is 31.4 Å². The molecule has 0 spiro atoms. The van der Waals surface area contributed by atoms with Crippen molar-refractivity contribution in [2.24, 2.45) is 5.92 Å². The highest BCUT2D eigenvalue weighted by Gasteiger charge is 2.44. The molecule has 1 unspecified atom stereocenters. The van der Waals surface area contributed by atoms with E-state index in [1.165, 1.54) is 12.8 Å². The van der Waals surface area contributed by atoms with Crippen molar-refractivity contribution >= 4 is 5.91 Å². The van der Waals surface area contributed by atoms with Gasteiger partial charge in [-0.15, -0.1) is 0 Å². The molecule has 3 heteroatoms. The molecule has 1 amide bonds. The van der Waals surface area contributed by atoms with Crippen molar-refractivity contribution < 1.29 is 4.79 Å². The zero-order valence-corrected chi connectivity index (χ0v) is 10.7. The minimum atomic E-state index is -0.286. The van der Waals surface area contributed by atoms with Crippen molar-refractivity contribution in [1.29, 1.82) is 0 Å². The van der Waals surface area contributed by atoms with Gasteiger partial charge in [-0.1, -0.05) is 6.92 Å². The maximum atomic E-state index is 12.4. The predicted octanol–water partition coefficient (Wildman–Crippen LogP) is 1.82. The molecule has 1 atom stereocenters. The molecule has 1 heterocycles. The number of hydrogen-bond donors (Lipinski definition) is 2. The van der Waals surface area contributed by atoms with Gasteiger partial charge in [-0.3, -0.25) is 4.79 Å². The first-order chi connectivity index (χ1) is 7.50. The van der Waals surface area contributed by atoms with Crippen molar-refractivity contribution in [3.8, 4) is 0 Å². The van der Waals surface area contributed by atoms with E-state index in [4.69, 9.17) is 0 Å². The van der Waals surface area contributed by atoms with Gasteiger partial charge in [0, 0.05) is 5.54 Å². The largest absolute Gasteiger partial charge is 0.349 e. The molecule has 0 aromatic heterocycles. The van der Waals surface area contributed by atoms with E-state index in [0.29, 0.717) is 5.92 Å². The molecule has 2 rings (SSSR count).